The molecule has 0 saturated heterocycles. The van der Waals surface area contributed by atoms with E-state index in [-0.39, 0.29) is 6.61 Å². The molecule has 18 heavy (non-hydrogen) atoms. The lowest BCUT2D eigenvalue weighted by atomic mass is 10.0. The zero-order valence-electron chi connectivity index (χ0n) is 10.6. The molecule has 2 rings (SSSR count). The van der Waals surface area contributed by atoms with Gasteiger partial charge in [0.15, 0.2) is 0 Å². The van der Waals surface area contributed by atoms with Gasteiger partial charge in [0.25, 0.3) is 0 Å². The predicted octanol–water partition coefficient (Wildman–Crippen LogP) is 3.49. The van der Waals surface area contributed by atoms with Gasteiger partial charge in [0.2, 0.25) is 5.88 Å². The highest BCUT2D eigenvalue weighted by Crippen LogP contribution is 2.24. The van der Waals surface area contributed by atoms with Gasteiger partial charge in [-0.3, -0.25) is 0 Å². The summed E-state index contributed by atoms with van der Waals surface area (Å²) in [4.78, 5) is 4.12. The summed E-state index contributed by atoms with van der Waals surface area (Å²) in [6.45, 7) is 4.23. The quantitative estimate of drug-likeness (QED) is 0.893. The Morgan fingerprint density at radius 2 is 1.89 bits per heavy atom. The minimum absolute atomic E-state index is 0.0761. The van der Waals surface area contributed by atoms with E-state index in [1.807, 2.05) is 24.3 Å². The maximum Gasteiger partial charge on any atom is 0.224 e. The number of hydrogen-bond acceptors (Lipinski definition) is 3. The van der Waals surface area contributed by atoms with Crippen molar-refractivity contribution in [1.82, 2.24) is 4.98 Å². The molecule has 1 aromatic heterocycles. The third-order valence-electron chi connectivity index (χ3n) is 2.78. The number of benzene rings is 1. The lowest BCUT2D eigenvalue weighted by Gasteiger charge is -2.09. The van der Waals surface area contributed by atoms with Gasteiger partial charge in [0.1, 0.15) is 5.75 Å². The summed E-state index contributed by atoms with van der Waals surface area (Å²) in [6, 6.07) is 11.5. The average molecular weight is 243 g/mol. The highest BCUT2D eigenvalue weighted by molar-refractivity contribution is 5.34. The van der Waals surface area contributed by atoms with Gasteiger partial charge in [-0.1, -0.05) is 26.0 Å². The summed E-state index contributed by atoms with van der Waals surface area (Å²) in [5, 5.41) is 9.19. The van der Waals surface area contributed by atoms with Crippen LogP contribution in [0, 0.1) is 0 Å². The van der Waals surface area contributed by atoms with Crippen LogP contribution in [0.3, 0.4) is 0 Å². The fraction of sp³-hybridized carbons (Fsp3) is 0.267. The number of rotatable bonds is 4. The standard InChI is InChI=1S/C15H17NO2/c1-11(2)12-5-7-14(8-6-12)18-15-13(10-17)4-3-9-16-15/h3-9,11,17H,10H2,1-2H3. The fourth-order valence-corrected chi connectivity index (χ4v) is 1.67. The van der Waals surface area contributed by atoms with Gasteiger partial charge in [-0.2, -0.15) is 0 Å². The molecule has 0 bridgehead atoms. The molecular weight excluding hydrogens is 226 g/mol. The molecule has 0 spiro atoms. The molecule has 0 aliphatic heterocycles. The highest BCUT2D eigenvalue weighted by Gasteiger charge is 2.05. The Morgan fingerprint density at radius 3 is 2.50 bits per heavy atom. The first-order valence-corrected chi connectivity index (χ1v) is 6.03. The van der Waals surface area contributed by atoms with Crippen LogP contribution in [0.1, 0.15) is 30.9 Å². The SMILES string of the molecule is CC(C)c1ccc(Oc2ncccc2CO)cc1. The minimum Gasteiger partial charge on any atom is -0.439 e. The van der Waals surface area contributed by atoms with Crippen LogP contribution in [-0.4, -0.2) is 10.1 Å². The van der Waals surface area contributed by atoms with E-state index in [9.17, 15) is 5.11 Å². The Labute approximate surface area is 107 Å². The Morgan fingerprint density at radius 1 is 1.17 bits per heavy atom. The molecule has 0 saturated carbocycles. The summed E-state index contributed by atoms with van der Waals surface area (Å²) < 4.78 is 5.66. The normalized spacial score (nSPS) is 10.7. The number of aromatic nitrogens is 1. The van der Waals surface area contributed by atoms with Crippen molar-refractivity contribution in [2.75, 3.05) is 0 Å². The molecule has 1 aromatic carbocycles. The topological polar surface area (TPSA) is 42.4 Å². The molecule has 1 N–H and O–H groups in total. The number of nitrogens with zero attached hydrogens (tertiary/aromatic N) is 1. The van der Waals surface area contributed by atoms with Gasteiger partial charge in [-0.05, 0) is 35.7 Å². The Kier molecular flexibility index (Phi) is 3.95. The van der Waals surface area contributed by atoms with Crippen molar-refractivity contribution < 1.29 is 9.84 Å². The van der Waals surface area contributed by atoms with Gasteiger partial charge in [0.05, 0.1) is 6.61 Å². The molecule has 2 aromatic rings. The largest absolute Gasteiger partial charge is 0.439 e. The van der Waals surface area contributed by atoms with Gasteiger partial charge in [-0.25, -0.2) is 4.98 Å². The minimum atomic E-state index is -0.0761. The van der Waals surface area contributed by atoms with E-state index in [1.165, 1.54) is 5.56 Å². The van der Waals surface area contributed by atoms with Crippen molar-refractivity contribution in [3.8, 4) is 11.6 Å². The molecule has 0 atom stereocenters. The van der Waals surface area contributed by atoms with E-state index < -0.39 is 0 Å². The van der Waals surface area contributed by atoms with Crippen LogP contribution in [0.4, 0.5) is 0 Å². The summed E-state index contributed by atoms with van der Waals surface area (Å²) in [7, 11) is 0. The van der Waals surface area contributed by atoms with Crippen molar-refractivity contribution >= 4 is 0 Å². The molecule has 0 amide bonds. The summed E-state index contributed by atoms with van der Waals surface area (Å²) in [5.41, 5.74) is 1.95. The molecule has 0 aliphatic rings. The van der Waals surface area contributed by atoms with E-state index >= 15 is 0 Å². The smallest absolute Gasteiger partial charge is 0.224 e. The number of hydrogen-bond donors (Lipinski definition) is 1. The average Bonchev–Trinajstić information content (AvgIpc) is 2.40. The zero-order valence-corrected chi connectivity index (χ0v) is 10.6. The van der Waals surface area contributed by atoms with Crippen LogP contribution < -0.4 is 4.74 Å². The number of aliphatic hydroxyl groups is 1. The third-order valence-corrected chi connectivity index (χ3v) is 2.78. The van der Waals surface area contributed by atoms with Gasteiger partial charge >= 0.3 is 0 Å². The second-order valence-corrected chi connectivity index (χ2v) is 4.45. The van der Waals surface area contributed by atoms with E-state index in [2.05, 4.69) is 18.8 Å². The fourth-order valence-electron chi connectivity index (χ4n) is 1.67. The first kappa shape index (κ1) is 12.6. The van der Waals surface area contributed by atoms with Crippen LogP contribution >= 0.6 is 0 Å². The van der Waals surface area contributed by atoms with Crippen LogP contribution in [0.15, 0.2) is 42.6 Å². The maximum absolute atomic E-state index is 9.19. The van der Waals surface area contributed by atoms with Crippen molar-refractivity contribution in [2.45, 2.75) is 26.4 Å². The lowest BCUT2D eigenvalue weighted by molar-refractivity contribution is 0.275. The van der Waals surface area contributed by atoms with Crippen LogP contribution in [0.5, 0.6) is 11.6 Å². The van der Waals surface area contributed by atoms with Gasteiger partial charge in [0, 0.05) is 11.8 Å². The van der Waals surface area contributed by atoms with E-state index in [0.717, 1.165) is 5.75 Å². The highest BCUT2D eigenvalue weighted by atomic mass is 16.5. The maximum atomic E-state index is 9.19. The number of ether oxygens (including phenoxy) is 1. The van der Waals surface area contributed by atoms with Crippen LogP contribution in [0.2, 0.25) is 0 Å². The Bertz CT molecular complexity index is 506. The zero-order chi connectivity index (χ0) is 13.0. The van der Waals surface area contributed by atoms with Crippen molar-refractivity contribution in [3.63, 3.8) is 0 Å². The first-order chi connectivity index (χ1) is 8.70. The molecule has 0 radical (unpaired) electrons. The summed E-state index contributed by atoms with van der Waals surface area (Å²) in [6.07, 6.45) is 1.65. The van der Waals surface area contributed by atoms with E-state index in [1.54, 1.807) is 18.3 Å². The molecule has 0 aliphatic carbocycles. The molecule has 1 heterocycles. The van der Waals surface area contributed by atoms with Crippen LogP contribution in [-0.2, 0) is 6.61 Å². The van der Waals surface area contributed by atoms with Gasteiger partial charge < -0.3 is 9.84 Å². The van der Waals surface area contributed by atoms with E-state index in [0.29, 0.717) is 17.4 Å². The first-order valence-electron chi connectivity index (χ1n) is 6.03. The molecule has 0 unspecified atom stereocenters. The van der Waals surface area contributed by atoms with Crippen molar-refractivity contribution in [2.24, 2.45) is 0 Å². The predicted molar refractivity (Wildman–Crippen MR) is 70.8 cm³/mol. The number of pyridine rings is 1. The summed E-state index contributed by atoms with van der Waals surface area (Å²) >= 11 is 0. The lowest BCUT2D eigenvalue weighted by Crippen LogP contribution is -1.94. The van der Waals surface area contributed by atoms with Crippen molar-refractivity contribution in [1.29, 1.82) is 0 Å². The molecular formula is C15H17NO2. The summed E-state index contributed by atoms with van der Waals surface area (Å²) in [5.74, 6) is 1.69. The Balaban J connectivity index is 2.18. The van der Waals surface area contributed by atoms with Crippen LogP contribution in [0.25, 0.3) is 0 Å². The van der Waals surface area contributed by atoms with Crippen molar-refractivity contribution in [3.05, 3.63) is 53.7 Å². The molecule has 3 nitrogen and oxygen atoms in total. The third kappa shape index (κ3) is 2.87. The molecule has 94 valence electrons. The second kappa shape index (κ2) is 5.65. The second-order valence-electron chi connectivity index (χ2n) is 4.45. The molecule has 0 fully saturated rings. The number of aliphatic hydroxyl groups excluding tert-OH is 1. The van der Waals surface area contributed by atoms with E-state index in [4.69, 9.17) is 4.74 Å². The van der Waals surface area contributed by atoms with Gasteiger partial charge in [-0.15, -0.1) is 0 Å². The molecule has 3 heteroatoms. The monoisotopic (exact) mass is 243 g/mol. The Hall–Kier alpha value is -1.87.